The zero-order chi connectivity index (χ0) is 38.3. The second kappa shape index (κ2) is 16.6. The highest BCUT2D eigenvalue weighted by molar-refractivity contribution is 6.99. The van der Waals surface area contributed by atoms with E-state index >= 15 is 0 Å². The fraction of sp³-hybridized carbons (Fsp3) is 0.317. The molecule has 0 aliphatic carbocycles. The Morgan fingerprint density at radius 1 is 0.870 bits per heavy atom. The number of anilines is 2. The van der Waals surface area contributed by atoms with Crippen LogP contribution in [0.1, 0.15) is 62.9 Å². The number of pyridine rings is 1. The van der Waals surface area contributed by atoms with Crippen molar-refractivity contribution < 1.29 is 23.5 Å². The Morgan fingerprint density at radius 2 is 1.57 bits per heavy atom. The van der Waals surface area contributed by atoms with Crippen molar-refractivity contribution in [3.05, 3.63) is 108 Å². The maximum Gasteiger partial charge on any atom is 0.413 e. The van der Waals surface area contributed by atoms with Crippen LogP contribution in [0.3, 0.4) is 0 Å². The Kier molecular flexibility index (Phi) is 11.7. The zero-order valence-electron chi connectivity index (χ0n) is 31.6. The molecule has 0 saturated heterocycles. The Hall–Kier alpha value is -5.66. The first-order valence-electron chi connectivity index (χ1n) is 18.1. The second-order valence-electron chi connectivity index (χ2n) is 14.1. The summed E-state index contributed by atoms with van der Waals surface area (Å²) in [6.45, 7) is 9.80. The molecule has 3 heterocycles. The van der Waals surface area contributed by atoms with Crippen LogP contribution in [0.4, 0.5) is 16.6 Å². The molecule has 0 saturated carbocycles. The number of ether oxygens (including phenoxy) is 2. The quantitative estimate of drug-likeness (QED) is 0.0890. The van der Waals surface area contributed by atoms with Gasteiger partial charge in [-0.3, -0.25) is 15.0 Å². The summed E-state index contributed by atoms with van der Waals surface area (Å²) in [6.07, 6.45) is 5.11. The number of benzene rings is 3. The molecule has 0 unspecified atom stereocenters. The standard InChI is InChI=1S/C41H47N7O5Si/c1-7-15-29(23-25-53-54(41(2,3)4,30-16-10-8-11-17-30)31-18-12-9-13-19-31)44-37-36-34(45-39(46-37)47-40(50)52-6)26-43-48(36)27-28-21-22-33(38(49)51-5)32-20-14-24-42-35(28)32/h8-14,16-22,24,26,29H,7,15,23,25,27H2,1-6H3,(H2,44,45,46,47,50)/t29-/m0/s1. The number of hydrogen-bond donors (Lipinski definition) is 2. The zero-order valence-corrected chi connectivity index (χ0v) is 32.6. The first-order chi connectivity index (χ1) is 26.1. The minimum atomic E-state index is -2.75. The highest BCUT2D eigenvalue weighted by Gasteiger charge is 2.50. The van der Waals surface area contributed by atoms with Gasteiger partial charge >= 0.3 is 12.1 Å². The van der Waals surface area contributed by atoms with Crippen molar-refractivity contribution in [3.8, 4) is 0 Å². The lowest BCUT2D eigenvalue weighted by Crippen LogP contribution is -2.66. The van der Waals surface area contributed by atoms with E-state index in [-0.39, 0.29) is 17.0 Å². The number of carbonyl (C=O) groups excluding carboxylic acids is 2. The molecule has 0 fully saturated rings. The van der Waals surface area contributed by atoms with Gasteiger partial charge in [-0.05, 0) is 45.9 Å². The van der Waals surface area contributed by atoms with Crippen molar-refractivity contribution in [3.63, 3.8) is 0 Å². The van der Waals surface area contributed by atoms with E-state index in [0.717, 1.165) is 18.4 Å². The number of hydrogen-bond acceptors (Lipinski definition) is 10. The normalized spacial score (nSPS) is 12.4. The van der Waals surface area contributed by atoms with E-state index in [2.05, 4.69) is 96.8 Å². The second-order valence-corrected chi connectivity index (χ2v) is 18.4. The average molecular weight is 746 g/mol. The summed E-state index contributed by atoms with van der Waals surface area (Å²) in [5, 5.41) is 14.0. The lowest BCUT2D eigenvalue weighted by molar-refractivity contribution is 0.0603. The van der Waals surface area contributed by atoms with E-state index in [0.29, 0.717) is 52.9 Å². The number of fused-ring (bicyclic) bond motifs is 2. The maximum absolute atomic E-state index is 12.5. The molecule has 3 aromatic heterocycles. The molecular weight excluding hydrogens is 699 g/mol. The summed E-state index contributed by atoms with van der Waals surface area (Å²) in [6, 6.07) is 28.4. The summed E-state index contributed by atoms with van der Waals surface area (Å²) >= 11 is 0. The third kappa shape index (κ3) is 7.82. The van der Waals surface area contributed by atoms with E-state index in [1.165, 1.54) is 24.6 Å². The third-order valence-electron chi connectivity index (χ3n) is 9.65. The van der Waals surface area contributed by atoms with Crippen LogP contribution in [-0.4, -0.2) is 72.0 Å². The molecule has 0 aliphatic rings. The van der Waals surface area contributed by atoms with Gasteiger partial charge in [-0.25, -0.2) is 14.6 Å². The number of nitrogens with one attached hydrogen (secondary N) is 2. The van der Waals surface area contributed by atoms with Crippen LogP contribution in [0.2, 0.25) is 5.04 Å². The fourth-order valence-corrected chi connectivity index (χ4v) is 11.8. The van der Waals surface area contributed by atoms with Gasteiger partial charge in [-0.2, -0.15) is 10.1 Å². The predicted molar refractivity (Wildman–Crippen MR) is 214 cm³/mol. The maximum atomic E-state index is 12.5. The van der Waals surface area contributed by atoms with Gasteiger partial charge < -0.3 is 19.2 Å². The van der Waals surface area contributed by atoms with Crippen molar-refractivity contribution in [1.29, 1.82) is 0 Å². The highest BCUT2D eigenvalue weighted by atomic mass is 28.4. The molecular formula is C41H47N7O5Si. The van der Waals surface area contributed by atoms with Gasteiger partial charge in [0.05, 0.1) is 38.0 Å². The lowest BCUT2D eigenvalue weighted by atomic mass is 10.0. The van der Waals surface area contributed by atoms with E-state index in [4.69, 9.17) is 24.0 Å². The molecule has 54 heavy (non-hydrogen) atoms. The van der Waals surface area contributed by atoms with E-state index < -0.39 is 20.4 Å². The van der Waals surface area contributed by atoms with Crippen molar-refractivity contribution in [2.24, 2.45) is 0 Å². The van der Waals surface area contributed by atoms with Crippen molar-refractivity contribution in [2.45, 2.75) is 64.6 Å². The van der Waals surface area contributed by atoms with Crippen LogP contribution in [-0.2, 0) is 20.4 Å². The Bertz CT molecular complexity index is 2190. The molecule has 280 valence electrons. The minimum Gasteiger partial charge on any atom is -0.465 e. The SMILES string of the molecule is CCC[C@@H](CCO[Si](c1ccccc1)(c1ccccc1)C(C)(C)C)Nc1nc(NC(=O)OC)nc2cnn(Cc3ccc(C(=O)OC)c4cccnc34)c12. The average Bonchev–Trinajstić information content (AvgIpc) is 3.59. The molecule has 12 nitrogen and oxygen atoms in total. The summed E-state index contributed by atoms with van der Waals surface area (Å²) in [4.78, 5) is 38.8. The number of amides is 1. The molecule has 1 atom stereocenters. The summed E-state index contributed by atoms with van der Waals surface area (Å²) in [7, 11) is -0.0976. The summed E-state index contributed by atoms with van der Waals surface area (Å²) < 4.78 is 18.9. The molecule has 3 aromatic carbocycles. The van der Waals surface area contributed by atoms with E-state index in [1.54, 1.807) is 24.5 Å². The van der Waals surface area contributed by atoms with Gasteiger partial charge in [-0.15, -0.1) is 0 Å². The molecule has 0 bridgehead atoms. The summed E-state index contributed by atoms with van der Waals surface area (Å²) in [5.74, 6) is 0.163. The van der Waals surface area contributed by atoms with Crippen LogP contribution < -0.4 is 21.0 Å². The molecule has 6 aromatic rings. The highest BCUT2D eigenvalue weighted by Crippen LogP contribution is 2.37. The van der Waals surface area contributed by atoms with Crippen LogP contribution in [0, 0.1) is 0 Å². The predicted octanol–water partition coefficient (Wildman–Crippen LogP) is 6.94. The number of nitrogens with zero attached hydrogens (tertiary/aromatic N) is 5. The number of methoxy groups -OCH3 is 2. The summed E-state index contributed by atoms with van der Waals surface area (Å²) in [5.41, 5.74) is 3.12. The molecule has 13 heteroatoms. The molecule has 2 N–H and O–H groups in total. The van der Waals surface area contributed by atoms with Crippen LogP contribution in [0.5, 0.6) is 0 Å². The topological polar surface area (TPSA) is 142 Å². The number of esters is 1. The Labute approximate surface area is 316 Å². The Balaban J connectivity index is 1.35. The molecule has 0 aliphatic heterocycles. The third-order valence-corrected chi connectivity index (χ3v) is 14.7. The number of aromatic nitrogens is 5. The first-order valence-corrected chi connectivity index (χ1v) is 20.1. The van der Waals surface area contributed by atoms with Gasteiger partial charge in [0.15, 0.2) is 5.82 Å². The number of carbonyl (C=O) groups is 2. The van der Waals surface area contributed by atoms with Gasteiger partial charge in [-0.1, -0.05) is 107 Å². The van der Waals surface area contributed by atoms with Gasteiger partial charge in [0.1, 0.15) is 11.0 Å². The van der Waals surface area contributed by atoms with Gasteiger partial charge in [0.25, 0.3) is 8.32 Å². The monoisotopic (exact) mass is 745 g/mol. The van der Waals surface area contributed by atoms with Gasteiger partial charge in [0.2, 0.25) is 5.95 Å². The molecule has 0 spiro atoms. The fourth-order valence-electron chi connectivity index (χ4n) is 7.17. The van der Waals surface area contributed by atoms with Crippen LogP contribution >= 0.6 is 0 Å². The largest absolute Gasteiger partial charge is 0.465 e. The van der Waals surface area contributed by atoms with E-state index in [9.17, 15) is 9.59 Å². The first kappa shape index (κ1) is 38.1. The van der Waals surface area contributed by atoms with Crippen LogP contribution in [0.15, 0.2) is 97.3 Å². The lowest BCUT2D eigenvalue weighted by Gasteiger charge is -2.43. The van der Waals surface area contributed by atoms with E-state index in [1.807, 2.05) is 28.9 Å². The Morgan fingerprint density at radius 3 is 2.20 bits per heavy atom. The van der Waals surface area contributed by atoms with Crippen molar-refractivity contribution in [2.75, 3.05) is 31.5 Å². The molecule has 1 amide bonds. The molecule has 0 radical (unpaired) electrons. The minimum absolute atomic E-state index is 0.0394. The van der Waals surface area contributed by atoms with Crippen LogP contribution in [0.25, 0.3) is 21.9 Å². The number of rotatable bonds is 14. The van der Waals surface area contributed by atoms with Crippen molar-refractivity contribution >= 4 is 64.5 Å². The van der Waals surface area contributed by atoms with Gasteiger partial charge in [0, 0.05) is 24.2 Å². The molecule has 6 rings (SSSR count). The van der Waals surface area contributed by atoms with Crippen molar-refractivity contribution in [1.82, 2.24) is 24.7 Å². The smallest absolute Gasteiger partial charge is 0.413 e.